The van der Waals surface area contributed by atoms with Gasteiger partial charge in [-0.25, -0.2) is 4.79 Å². The number of anilines is 1. The molecule has 1 aliphatic rings. The van der Waals surface area contributed by atoms with Gasteiger partial charge in [-0.3, -0.25) is 15.2 Å². The Morgan fingerprint density at radius 1 is 0.974 bits per heavy atom. The molecule has 0 saturated heterocycles. The van der Waals surface area contributed by atoms with Crippen LogP contribution in [0.2, 0.25) is 0 Å². The van der Waals surface area contributed by atoms with Crippen LogP contribution in [0.4, 0.5) is 23.8 Å². The van der Waals surface area contributed by atoms with Gasteiger partial charge in [-0.15, -0.1) is 0 Å². The van der Waals surface area contributed by atoms with Crippen LogP contribution in [0.3, 0.4) is 0 Å². The van der Waals surface area contributed by atoms with E-state index in [0.717, 1.165) is 0 Å². The lowest BCUT2D eigenvalue weighted by molar-refractivity contribution is -0.140. The Labute approximate surface area is 221 Å². The number of halogens is 3. The number of nitrogens with zero attached hydrogens (tertiary/aromatic N) is 1. The minimum Gasteiger partial charge on any atom is -0.481 e. The van der Waals surface area contributed by atoms with Crippen LogP contribution in [0.15, 0.2) is 78.9 Å². The molecule has 0 aliphatic heterocycles. The summed E-state index contributed by atoms with van der Waals surface area (Å²) in [5.74, 6) is -1.59. The first kappa shape index (κ1) is 26.0. The zero-order valence-electron chi connectivity index (χ0n) is 20.8. The number of ether oxygens (including phenoxy) is 1. The van der Waals surface area contributed by atoms with Crippen molar-refractivity contribution < 1.29 is 32.6 Å². The van der Waals surface area contributed by atoms with Gasteiger partial charge in [-0.05, 0) is 42.0 Å². The number of carboxylic acid groups (broad SMARTS) is 1. The van der Waals surface area contributed by atoms with Gasteiger partial charge in [0.2, 0.25) is 0 Å². The largest absolute Gasteiger partial charge is 0.481 e. The number of aliphatic carboxylic acids is 1. The third kappa shape index (κ3) is 5.09. The molecular formula is C29H24F3N3O4. The van der Waals surface area contributed by atoms with Crippen LogP contribution in [-0.2, 0) is 21.1 Å². The van der Waals surface area contributed by atoms with Crippen molar-refractivity contribution in [1.29, 1.82) is 0 Å². The van der Waals surface area contributed by atoms with Gasteiger partial charge < -0.3 is 9.84 Å². The molecule has 1 atom stereocenters. The Morgan fingerprint density at radius 2 is 1.59 bits per heavy atom. The van der Waals surface area contributed by atoms with Gasteiger partial charge in [0.05, 0.1) is 11.1 Å². The number of H-pyrrole nitrogens is 1. The highest BCUT2D eigenvalue weighted by Gasteiger charge is 2.52. The molecule has 0 radical (unpaired) electrons. The highest BCUT2D eigenvalue weighted by Crippen LogP contribution is 2.51. The average molecular weight is 536 g/mol. The van der Waals surface area contributed by atoms with Crippen LogP contribution < -0.4 is 5.32 Å². The van der Waals surface area contributed by atoms with Crippen LogP contribution in [0, 0.1) is 0 Å². The number of hydrogen-bond donors (Lipinski definition) is 3. The van der Waals surface area contributed by atoms with E-state index < -0.39 is 41.1 Å². The van der Waals surface area contributed by atoms with E-state index in [-0.39, 0.29) is 11.3 Å². The molecule has 5 rings (SSSR count). The molecule has 0 bridgehead atoms. The molecule has 3 N–H and O–H groups in total. The number of carbonyl (C=O) groups is 2. The Morgan fingerprint density at radius 3 is 2.21 bits per heavy atom. The monoisotopic (exact) mass is 535 g/mol. The topological polar surface area (TPSA) is 104 Å². The molecule has 1 heterocycles. The summed E-state index contributed by atoms with van der Waals surface area (Å²) in [7, 11) is 0. The Balaban J connectivity index is 1.41. The molecule has 10 heteroatoms. The first-order valence-electron chi connectivity index (χ1n) is 12.2. The molecule has 7 nitrogen and oxygen atoms in total. The number of aromatic nitrogens is 2. The molecule has 0 spiro atoms. The fraction of sp³-hybridized carbons (Fsp3) is 0.207. The predicted molar refractivity (Wildman–Crippen MR) is 138 cm³/mol. The lowest BCUT2D eigenvalue weighted by Crippen LogP contribution is -2.20. The number of alkyl halides is 3. The maximum Gasteiger partial charge on any atom is 0.422 e. The normalized spacial score (nSPS) is 14.9. The number of carboxylic acids is 1. The standard InChI is InChI=1S/C29H24F3N3O4/c1-17(18-7-3-2-4-8-18)39-27(38)33-25-23(29(30,31)32)24(34-35-25)20-13-11-19(12-14-20)21-9-5-6-10-22(21)28(15-16-28)26(36)37/h2-14,17H,15-16H2,1H3,(H,36,37)(H2,33,34,35,38)/t17-/m1/s1. The summed E-state index contributed by atoms with van der Waals surface area (Å²) in [5.41, 5.74) is 0.542. The minimum atomic E-state index is -4.83. The van der Waals surface area contributed by atoms with Gasteiger partial charge in [-0.2, -0.15) is 18.3 Å². The van der Waals surface area contributed by atoms with Gasteiger partial charge >= 0.3 is 18.2 Å². The number of hydrogen-bond acceptors (Lipinski definition) is 4. The third-order valence-corrected chi connectivity index (χ3v) is 6.91. The summed E-state index contributed by atoms with van der Waals surface area (Å²) in [4.78, 5) is 24.3. The SMILES string of the molecule is C[C@@H](OC(=O)Nc1n[nH]c(-c2ccc(-c3ccccc3C3(C(=O)O)CC3)cc2)c1C(F)(F)F)c1ccccc1. The van der Waals surface area contributed by atoms with Gasteiger partial charge in [0, 0.05) is 5.56 Å². The molecule has 3 aromatic carbocycles. The Bertz CT molecular complexity index is 1510. The molecule has 4 aromatic rings. The maximum atomic E-state index is 14.1. The molecule has 1 saturated carbocycles. The van der Waals surface area contributed by atoms with Crippen LogP contribution in [0.1, 0.15) is 42.6 Å². The molecule has 1 aliphatic carbocycles. The van der Waals surface area contributed by atoms with E-state index in [1.165, 1.54) is 12.1 Å². The minimum absolute atomic E-state index is 0.189. The van der Waals surface area contributed by atoms with E-state index in [0.29, 0.717) is 35.1 Å². The van der Waals surface area contributed by atoms with Gasteiger partial charge in [0.15, 0.2) is 5.82 Å². The maximum absolute atomic E-state index is 14.1. The lowest BCUT2D eigenvalue weighted by Gasteiger charge is -2.16. The summed E-state index contributed by atoms with van der Waals surface area (Å²) in [6, 6.07) is 22.2. The van der Waals surface area contributed by atoms with Crippen molar-refractivity contribution in [1.82, 2.24) is 10.2 Å². The number of amides is 1. The van der Waals surface area contributed by atoms with Crippen molar-refractivity contribution >= 4 is 17.9 Å². The number of aromatic amines is 1. The predicted octanol–water partition coefficient (Wildman–Crippen LogP) is 7.19. The highest BCUT2D eigenvalue weighted by molar-refractivity contribution is 5.89. The van der Waals surface area contributed by atoms with Crippen LogP contribution >= 0.6 is 0 Å². The Hall–Kier alpha value is -4.60. The van der Waals surface area contributed by atoms with Crippen molar-refractivity contribution in [2.75, 3.05) is 5.32 Å². The highest BCUT2D eigenvalue weighted by atomic mass is 19.4. The number of rotatable bonds is 7. The third-order valence-electron chi connectivity index (χ3n) is 6.91. The van der Waals surface area contributed by atoms with Gasteiger partial charge in [-0.1, -0.05) is 78.9 Å². The first-order valence-corrected chi connectivity index (χ1v) is 12.2. The van der Waals surface area contributed by atoms with Crippen LogP contribution in [0.5, 0.6) is 0 Å². The van der Waals surface area contributed by atoms with Crippen molar-refractivity contribution in [3.8, 4) is 22.4 Å². The fourth-order valence-electron chi connectivity index (χ4n) is 4.69. The molecule has 1 amide bonds. The van der Waals surface area contributed by atoms with Crippen molar-refractivity contribution in [3.05, 3.63) is 95.6 Å². The van der Waals surface area contributed by atoms with E-state index in [9.17, 15) is 27.9 Å². The second kappa shape index (κ2) is 9.94. The number of nitrogens with one attached hydrogen (secondary N) is 2. The van der Waals surface area contributed by atoms with E-state index in [1.807, 2.05) is 0 Å². The number of carbonyl (C=O) groups excluding carboxylic acids is 1. The lowest BCUT2D eigenvalue weighted by atomic mass is 9.88. The molecular weight excluding hydrogens is 511 g/mol. The van der Waals surface area contributed by atoms with E-state index >= 15 is 0 Å². The summed E-state index contributed by atoms with van der Waals surface area (Å²) in [6.45, 7) is 1.61. The van der Waals surface area contributed by atoms with E-state index in [4.69, 9.17) is 4.74 Å². The molecule has 0 unspecified atom stereocenters. The second-order valence-electron chi connectivity index (χ2n) is 9.41. The van der Waals surface area contributed by atoms with Crippen LogP contribution in [-0.4, -0.2) is 27.4 Å². The summed E-state index contributed by atoms with van der Waals surface area (Å²) < 4.78 is 47.6. The second-order valence-corrected chi connectivity index (χ2v) is 9.41. The van der Waals surface area contributed by atoms with Gasteiger partial charge in [0.25, 0.3) is 0 Å². The zero-order valence-corrected chi connectivity index (χ0v) is 20.8. The molecule has 1 aromatic heterocycles. The summed E-state index contributed by atoms with van der Waals surface area (Å²) in [6.07, 6.45) is -5.54. The van der Waals surface area contributed by atoms with E-state index in [1.54, 1.807) is 73.7 Å². The van der Waals surface area contributed by atoms with Gasteiger partial charge in [0.1, 0.15) is 11.7 Å². The molecule has 1 fully saturated rings. The van der Waals surface area contributed by atoms with Crippen molar-refractivity contribution in [2.45, 2.75) is 37.5 Å². The quantitative estimate of drug-likeness (QED) is 0.232. The fourth-order valence-corrected chi connectivity index (χ4v) is 4.69. The first-order chi connectivity index (χ1) is 18.6. The summed E-state index contributed by atoms with van der Waals surface area (Å²) >= 11 is 0. The van der Waals surface area contributed by atoms with Crippen molar-refractivity contribution in [2.24, 2.45) is 0 Å². The summed E-state index contributed by atoms with van der Waals surface area (Å²) in [5, 5.41) is 18.0. The van der Waals surface area contributed by atoms with Crippen molar-refractivity contribution in [3.63, 3.8) is 0 Å². The van der Waals surface area contributed by atoms with E-state index in [2.05, 4.69) is 15.5 Å². The Kier molecular flexibility index (Phi) is 6.63. The molecule has 39 heavy (non-hydrogen) atoms. The number of benzene rings is 3. The molecule has 200 valence electrons. The van der Waals surface area contributed by atoms with Crippen LogP contribution in [0.25, 0.3) is 22.4 Å². The average Bonchev–Trinajstić information content (AvgIpc) is 3.63. The zero-order chi connectivity index (χ0) is 27.8. The smallest absolute Gasteiger partial charge is 0.422 e.